The number of amides is 3. The predicted molar refractivity (Wildman–Crippen MR) is 257 cm³/mol. The van der Waals surface area contributed by atoms with E-state index in [1.165, 1.54) is 17.4 Å². The van der Waals surface area contributed by atoms with Crippen LogP contribution >= 0.6 is 11.3 Å². The average Bonchev–Trinajstić information content (AvgIpc) is 3.73. The number of ether oxygens (including phenoxy) is 1. The molecule has 0 aliphatic carbocycles. The summed E-state index contributed by atoms with van der Waals surface area (Å²) in [6.45, 7) is 14.8. The number of thiazole rings is 1. The first-order chi connectivity index (χ1) is 30.6. The second-order valence-electron chi connectivity index (χ2n) is 18.0. The molecule has 0 spiro atoms. The molecule has 0 unspecified atom stereocenters. The molecule has 14 nitrogen and oxygen atoms in total. The number of phenolic OH excluding ortho intramolecular Hbond substituents is 1. The Morgan fingerprint density at radius 2 is 1.70 bits per heavy atom. The zero-order chi connectivity index (χ0) is 45.9. The van der Waals surface area contributed by atoms with Crippen LogP contribution in [-0.4, -0.2) is 97.0 Å². The number of piperidine rings is 1. The minimum absolute atomic E-state index is 0.0154. The van der Waals surface area contributed by atoms with Crippen molar-refractivity contribution >= 4 is 60.0 Å². The number of benzene rings is 3. The van der Waals surface area contributed by atoms with E-state index in [0.29, 0.717) is 69.6 Å². The Balaban J connectivity index is 0.861. The molecule has 1 fully saturated rings. The maximum Gasteiger partial charge on any atom is 0.413 e. The van der Waals surface area contributed by atoms with Crippen molar-refractivity contribution < 1.29 is 28.7 Å². The Hall–Kier alpha value is -5.39. The lowest BCUT2D eigenvalue weighted by Crippen LogP contribution is -2.43. The van der Waals surface area contributed by atoms with Crippen LogP contribution in [0.3, 0.4) is 0 Å². The van der Waals surface area contributed by atoms with Gasteiger partial charge in [0, 0.05) is 76.3 Å². The molecule has 16 heteroatoms. The van der Waals surface area contributed by atoms with E-state index in [-0.39, 0.29) is 40.4 Å². The van der Waals surface area contributed by atoms with Crippen LogP contribution in [0.2, 0.25) is 18.1 Å². The number of aromatic amines is 1. The summed E-state index contributed by atoms with van der Waals surface area (Å²) < 4.78 is 12.6. The number of nitrogens with one attached hydrogen (secondary N) is 4. The lowest BCUT2D eigenvalue weighted by molar-refractivity contribution is -0.130. The summed E-state index contributed by atoms with van der Waals surface area (Å²) >= 11 is 1.46. The van der Waals surface area contributed by atoms with Crippen molar-refractivity contribution in [2.24, 2.45) is 0 Å². The van der Waals surface area contributed by atoms with Gasteiger partial charge in [-0.1, -0.05) is 69.3 Å². The molecule has 342 valence electrons. The molecule has 5 aromatic rings. The number of carbonyl (C=O) groups is 3. The number of carbonyl (C=O) groups excluding carboxylic acids is 3. The van der Waals surface area contributed by atoms with Gasteiger partial charge in [0.05, 0.1) is 22.0 Å². The number of H-pyrrole nitrogens is 1. The predicted octanol–water partition coefficient (Wildman–Crippen LogP) is 8.88. The van der Waals surface area contributed by atoms with Gasteiger partial charge in [-0.3, -0.25) is 19.7 Å². The highest BCUT2D eigenvalue weighted by atomic mass is 32.1. The Morgan fingerprint density at radius 3 is 2.42 bits per heavy atom. The minimum Gasteiger partial charge on any atom is -0.506 e. The van der Waals surface area contributed by atoms with Gasteiger partial charge < -0.3 is 39.7 Å². The summed E-state index contributed by atoms with van der Waals surface area (Å²) in [6.07, 6.45) is 2.52. The van der Waals surface area contributed by atoms with Crippen LogP contribution in [0.1, 0.15) is 76.5 Å². The van der Waals surface area contributed by atoms with Crippen LogP contribution in [0.4, 0.5) is 16.3 Å². The van der Waals surface area contributed by atoms with Gasteiger partial charge in [-0.05, 0) is 84.8 Å². The first-order valence-corrected chi connectivity index (χ1v) is 25.9. The summed E-state index contributed by atoms with van der Waals surface area (Å²) in [4.78, 5) is 62.4. The van der Waals surface area contributed by atoms with Crippen molar-refractivity contribution in [1.29, 1.82) is 0 Å². The topological polar surface area (TPSA) is 178 Å². The molecular formula is C48H63N7O7SSi. The van der Waals surface area contributed by atoms with Gasteiger partial charge in [0.25, 0.3) is 0 Å². The summed E-state index contributed by atoms with van der Waals surface area (Å²) in [5.41, 5.74) is 5.46. The lowest BCUT2D eigenvalue weighted by atomic mass is 10.0. The number of anilines is 2. The van der Waals surface area contributed by atoms with E-state index in [9.17, 15) is 24.3 Å². The molecule has 0 radical (unpaired) electrons. The molecule has 1 saturated heterocycles. The van der Waals surface area contributed by atoms with Crippen molar-refractivity contribution in [3.05, 3.63) is 106 Å². The molecule has 1 aliphatic rings. The largest absolute Gasteiger partial charge is 0.506 e. The maximum absolute atomic E-state index is 12.9. The third-order valence-electron chi connectivity index (χ3n) is 12.2. The van der Waals surface area contributed by atoms with E-state index in [2.05, 4.69) is 64.7 Å². The number of likely N-dealkylation sites (tertiary alicyclic amines) is 1. The number of pyridine rings is 1. The van der Waals surface area contributed by atoms with Crippen LogP contribution in [-0.2, 0) is 25.3 Å². The van der Waals surface area contributed by atoms with E-state index in [1.54, 1.807) is 22.5 Å². The zero-order valence-corrected chi connectivity index (χ0v) is 39.7. The molecule has 3 amide bonds. The monoisotopic (exact) mass is 909 g/mol. The van der Waals surface area contributed by atoms with Crippen LogP contribution in [0, 0.1) is 0 Å². The molecule has 3 aromatic carbocycles. The van der Waals surface area contributed by atoms with E-state index >= 15 is 0 Å². The summed E-state index contributed by atoms with van der Waals surface area (Å²) in [5, 5.41) is 20.6. The van der Waals surface area contributed by atoms with Crippen LogP contribution < -0.4 is 21.5 Å². The molecule has 0 bridgehead atoms. The minimum atomic E-state index is -2.21. The Bertz CT molecular complexity index is 2390. The highest BCUT2D eigenvalue weighted by Crippen LogP contribution is 2.41. The van der Waals surface area contributed by atoms with Gasteiger partial charge in [-0.15, -0.1) is 11.3 Å². The molecule has 1 aliphatic heterocycles. The van der Waals surface area contributed by atoms with Gasteiger partial charge in [-0.2, -0.15) is 0 Å². The highest BCUT2D eigenvalue weighted by molar-refractivity contribution is 7.13. The molecule has 0 saturated carbocycles. The summed E-state index contributed by atoms with van der Waals surface area (Å²) in [6, 6.07) is 24.2. The number of fused-ring (bicyclic) bond motifs is 1. The first kappa shape index (κ1) is 48.1. The molecule has 5 N–H and O–H groups in total. The van der Waals surface area contributed by atoms with Crippen LogP contribution in [0.25, 0.3) is 21.3 Å². The fourth-order valence-corrected chi connectivity index (χ4v) is 9.45. The van der Waals surface area contributed by atoms with Crippen LogP contribution in [0.15, 0.2) is 89.2 Å². The zero-order valence-electron chi connectivity index (χ0n) is 37.9. The third-order valence-corrected chi connectivity index (χ3v) is 17.6. The smallest absolute Gasteiger partial charge is 0.413 e. The second-order valence-corrected chi connectivity index (χ2v) is 23.6. The van der Waals surface area contributed by atoms with E-state index < -0.39 is 14.4 Å². The lowest BCUT2D eigenvalue weighted by Gasteiger charge is -2.39. The maximum atomic E-state index is 12.9. The summed E-state index contributed by atoms with van der Waals surface area (Å²) in [7, 11) is -0.405. The van der Waals surface area contributed by atoms with Gasteiger partial charge in [0.1, 0.15) is 11.9 Å². The number of aromatic nitrogens is 2. The van der Waals surface area contributed by atoms with Gasteiger partial charge in [0.15, 0.2) is 14.1 Å². The Labute approximate surface area is 380 Å². The van der Waals surface area contributed by atoms with Crippen molar-refractivity contribution in [2.45, 2.75) is 96.2 Å². The SMILES string of the molecule is CN(CCCCC(=O)Nc1ccc(CNC[C@H](O[Si](C)(C)C(C)(C)C)c2ccc(O)c3[nH]c(=O)ccc23)cc1)C(=O)CCN1CCC(OC(=O)Nc2ncsc2-c2ccccc2)CC1. The van der Waals surface area contributed by atoms with E-state index in [4.69, 9.17) is 9.16 Å². The third kappa shape index (κ3) is 13.3. The normalized spacial score (nSPS) is 14.3. The Morgan fingerprint density at radius 1 is 0.969 bits per heavy atom. The number of hydrogen-bond donors (Lipinski definition) is 5. The van der Waals surface area contributed by atoms with Crippen molar-refractivity contribution in [2.75, 3.05) is 50.4 Å². The van der Waals surface area contributed by atoms with Gasteiger partial charge in [0.2, 0.25) is 17.4 Å². The molecule has 6 rings (SSSR count). The van der Waals surface area contributed by atoms with E-state index in [1.807, 2.05) is 67.7 Å². The quantitative estimate of drug-likeness (QED) is 0.0397. The molecular weight excluding hydrogens is 847 g/mol. The first-order valence-electron chi connectivity index (χ1n) is 22.1. The Kier molecular flexibility index (Phi) is 16.5. The number of aromatic hydroxyl groups is 1. The van der Waals surface area contributed by atoms with Gasteiger partial charge >= 0.3 is 6.09 Å². The highest BCUT2D eigenvalue weighted by Gasteiger charge is 2.40. The second kappa shape index (κ2) is 22.0. The number of phenols is 1. The number of rotatable bonds is 19. The van der Waals surface area contributed by atoms with Crippen molar-refractivity contribution in [3.63, 3.8) is 0 Å². The molecule has 1 atom stereocenters. The van der Waals surface area contributed by atoms with Gasteiger partial charge in [-0.25, -0.2) is 9.78 Å². The molecule has 64 heavy (non-hydrogen) atoms. The average molecular weight is 910 g/mol. The van der Waals surface area contributed by atoms with Crippen molar-refractivity contribution in [3.8, 4) is 16.2 Å². The number of hydrogen-bond acceptors (Lipinski definition) is 11. The van der Waals surface area contributed by atoms with E-state index in [0.717, 1.165) is 52.2 Å². The molecule has 3 heterocycles. The van der Waals surface area contributed by atoms with Crippen LogP contribution in [0.5, 0.6) is 5.75 Å². The fraction of sp³-hybridized carbons (Fsp3) is 0.438. The number of nitrogens with zero attached hydrogens (tertiary/aromatic N) is 3. The molecule has 2 aromatic heterocycles. The standard InChI is InChI=1S/C48H63N7O7SSi/c1-48(2,3)64(5,6)62-40(37-19-21-39(56)44-38(37)20-22-42(58)52-44)31-49-30-33-15-17-35(18-16-33)51-41(57)14-10-11-26-54(4)43(59)25-29-55-27-23-36(24-28-55)61-47(60)53-46-45(63-32-50-46)34-12-8-7-9-13-34/h7-9,12-13,15-22,32,36,40,49,56H,10-11,14,23-31H2,1-6H3,(H,51,57)(H,52,58)(H,53,60)/t40-/m0/s1. The van der Waals surface area contributed by atoms with Crippen molar-refractivity contribution in [1.82, 2.24) is 25.1 Å². The fourth-order valence-electron chi connectivity index (χ4n) is 7.43. The number of unbranched alkanes of at least 4 members (excludes halogenated alkanes) is 1. The summed E-state index contributed by atoms with van der Waals surface area (Å²) in [5.74, 6) is 0.509.